The first-order chi connectivity index (χ1) is 9.80. The first kappa shape index (κ1) is 15.3. The predicted molar refractivity (Wildman–Crippen MR) is 84.9 cm³/mol. The molecule has 2 N–H and O–H groups in total. The van der Waals surface area contributed by atoms with Crippen LogP contribution in [-0.2, 0) is 10.3 Å². The van der Waals surface area contributed by atoms with Crippen molar-refractivity contribution in [3.05, 3.63) is 40.1 Å². The molecular weight excluding hydrogens is 332 g/mol. The van der Waals surface area contributed by atoms with Crippen LogP contribution in [0, 0.1) is 16.7 Å². The summed E-state index contributed by atoms with van der Waals surface area (Å²) < 4.78 is 0.266. The summed E-state index contributed by atoms with van der Waals surface area (Å²) >= 11 is 3.25. The number of hydrogen-bond donors (Lipinski definition) is 2. The minimum Gasteiger partial charge on any atom is -0.340 e. The van der Waals surface area contributed by atoms with Crippen molar-refractivity contribution in [1.82, 2.24) is 4.90 Å². The Hall–Kier alpha value is -2.13. The molecule has 0 atom stereocenters. The van der Waals surface area contributed by atoms with Crippen molar-refractivity contribution in [2.24, 2.45) is 0 Å². The van der Waals surface area contributed by atoms with Gasteiger partial charge < -0.3 is 5.32 Å². The number of benzene rings is 1. The van der Waals surface area contributed by atoms with Gasteiger partial charge in [0.05, 0.1) is 10.0 Å². The molecule has 0 unspecified atom stereocenters. The number of amides is 1. The average Bonchev–Trinajstić information content (AvgIpc) is 2.44. The fourth-order valence-corrected chi connectivity index (χ4v) is 2.95. The van der Waals surface area contributed by atoms with E-state index in [1.165, 1.54) is 6.92 Å². The fraction of sp³-hybridized carbons (Fsp3) is 0.267. The summed E-state index contributed by atoms with van der Waals surface area (Å²) in [6.45, 7) is 5.34. The van der Waals surface area contributed by atoms with E-state index < -0.39 is 5.54 Å². The molecule has 2 rings (SSSR count). The van der Waals surface area contributed by atoms with Crippen LogP contribution in [0.25, 0.3) is 0 Å². The molecule has 1 amide bonds. The van der Waals surface area contributed by atoms with Gasteiger partial charge in [-0.05, 0) is 35.8 Å². The summed E-state index contributed by atoms with van der Waals surface area (Å²) in [5.74, 6) is 0.248. The Bertz CT molecular complexity index is 700. The molecule has 0 radical (unpaired) electrons. The largest absolute Gasteiger partial charge is 0.340 e. The van der Waals surface area contributed by atoms with Gasteiger partial charge >= 0.3 is 0 Å². The maximum atomic E-state index is 12.1. The molecule has 0 bridgehead atoms. The lowest BCUT2D eigenvalue weighted by Gasteiger charge is -2.45. The molecule has 108 valence electrons. The van der Waals surface area contributed by atoms with Crippen molar-refractivity contribution >= 4 is 33.2 Å². The highest BCUT2D eigenvalue weighted by Crippen LogP contribution is 2.42. The number of halogens is 1. The number of nitrogens with zero attached hydrogens (tertiary/aromatic N) is 2. The zero-order valence-corrected chi connectivity index (χ0v) is 13.6. The summed E-state index contributed by atoms with van der Waals surface area (Å²) in [4.78, 5) is 13.7. The lowest BCUT2D eigenvalue weighted by atomic mass is 9.88. The summed E-state index contributed by atoms with van der Waals surface area (Å²) in [7, 11) is 0. The number of carbonyl (C=O) groups is 1. The normalized spacial score (nSPS) is 18.1. The monoisotopic (exact) mass is 346 g/mol. The molecule has 5 nitrogen and oxygen atoms in total. The van der Waals surface area contributed by atoms with Crippen LogP contribution in [0.1, 0.15) is 26.3 Å². The van der Waals surface area contributed by atoms with E-state index in [9.17, 15) is 4.79 Å². The molecule has 1 heterocycles. The van der Waals surface area contributed by atoms with Gasteiger partial charge in [0.25, 0.3) is 0 Å². The van der Waals surface area contributed by atoms with Gasteiger partial charge in [-0.1, -0.05) is 18.2 Å². The summed E-state index contributed by atoms with van der Waals surface area (Å²) in [6.07, 6.45) is 0. The molecule has 0 saturated carbocycles. The second-order valence-corrected chi connectivity index (χ2v) is 6.03. The molecule has 0 saturated heterocycles. The van der Waals surface area contributed by atoms with Gasteiger partial charge in [0.1, 0.15) is 17.6 Å². The summed E-state index contributed by atoms with van der Waals surface area (Å²) in [5.41, 5.74) is 1.02. The molecular formula is C15H15BrN4O. The van der Waals surface area contributed by atoms with E-state index in [-0.39, 0.29) is 16.1 Å². The third kappa shape index (κ3) is 2.45. The zero-order chi connectivity index (χ0) is 15.8. The number of nitriles is 1. The van der Waals surface area contributed by atoms with E-state index in [0.717, 1.165) is 11.3 Å². The van der Waals surface area contributed by atoms with E-state index >= 15 is 0 Å². The van der Waals surface area contributed by atoms with E-state index in [2.05, 4.69) is 21.2 Å². The van der Waals surface area contributed by atoms with Gasteiger partial charge in [0, 0.05) is 18.2 Å². The fourth-order valence-electron chi connectivity index (χ4n) is 2.58. The van der Waals surface area contributed by atoms with Crippen LogP contribution < -0.4 is 5.32 Å². The van der Waals surface area contributed by atoms with Crippen LogP contribution in [0.3, 0.4) is 0 Å². The summed E-state index contributed by atoms with van der Waals surface area (Å²) in [5, 5.41) is 19.7. The molecule has 1 aliphatic rings. The van der Waals surface area contributed by atoms with Crippen LogP contribution in [-0.4, -0.2) is 16.5 Å². The average molecular weight is 347 g/mol. The number of rotatable bonds is 1. The van der Waals surface area contributed by atoms with Crippen LogP contribution in [0.15, 0.2) is 34.6 Å². The van der Waals surface area contributed by atoms with Gasteiger partial charge in [-0.15, -0.1) is 0 Å². The minimum atomic E-state index is -0.586. The zero-order valence-electron chi connectivity index (χ0n) is 12.0. The third-order valence-corrected chi connectivity index (χ3v) is 4.25. The van der Waals surface area contributed by atoms with Crippen LogP contribution >= 0.6 is 15.9 Å². The Morgan fingerprint density at radius 1 is 1.43 bits per heavy atom. The van der Waals surface area contributed by atoms with Crippen molar-refractivity contribution in [3.63, 3.8) is 0 Å². The molecule has 21 heavy (non-hydrogen) atoms. The van der Waals surface area contributed by atoms with Crippen molar-refractivity contribution in [3.8, 4) is 6.07 Å². The molecule has 0 aliphatic carbocycles. The van der Waals surface area contributed by atoms with E-state index in [1.807, 2.05) is 38.1 Å². The highest BCUT2D eigenvalue weighted by atomic mass is 79.9. The first-order valence-corrected chi connectivity index (χ1v) is 7.16. The first-order valence-electron chi connectivity index (χ1n) is 6.36. The van der Waals surface area contributed by atoms with Gasteiger partial charge in [-0.25, -0.2) is 0 Å². The molecule has 6 heteroatoms. The van der Waals surface area contributed by atoms with Crippen molar-refractivity contribution in [2.45, 2.75) is 26.3 Å². The lowest BCUT2D eigenvalue weighted by Crippen LogP contribution is -2.49. The maximum absolute atomic E-state index is 12.1. The number of fused-ring (bicyclic) bond motifs is 1. The van der Waals surface area contributed by atoms with Crippen LogP contribution in [0.5, 0.6) is 0 Å². The van der Waals surface area contributed by atoms with Crippen LogP contribution in [0.4, 0.5) is 5.69 Å². The highest BCUT2D eigenvalue weighted by Gasteiger charge is 2.40. The van der Waals surface area contributed by atoms with Gasteiger partial charge in [0.2, 0.25) is 5.91 Å². The van der Waals surface area contributed by atoms with E-state index in [0.29, 0.717) is 5.82 Å². The van der Waals surface area contributed by atoms with Crippen molar-refractivity contribution < 1.29 is 4.79 Å². The van der Waals surface area contributed by atoms with E-state index in [1.54, 1.807) is 11.0 Å². The second kappa shape index (κ2) is 5.34. The molecule has 0 spiro atoms. The molecule has 1 aliphatic heterocycles. The SMILES string of the molecule is CC(=O)N1/C(=C(\Br)C(=N)C#N)Nc2ccccc2C1(C)C. The molecule has 0 aromatic heterocycles. The smallest absolute Gasteiger partial charge is 0.225 e. The van der Waals surface area contributed by atoms with Gasteiger partial charge in [-0.3, -0.25) is 15.1 Å². The Morgan fingerprint density at radius 3 is 2.62 bits per heavy atom. The number of nitrogens with one attached hydrogen (secondary N) is 2. The highest BCUT2D eigenvalue weighted by molar-refractivity contribution is 9.12. The Labute approximate surface area is 131 Å². The molecule has 1 aromatic carbocycles. The summed E-state index contributed by atoms with van der Waals surface area (Å²) in [6, 6.07) is 9.45. The minimum absolute atomic E-state index is 0.167. The number of hydrogen-bond acceptors (Lipinski definition) is 4. The quantitative estimate of drug-likeness (QED) is 0.765. The molecule has 0 fully saturated rings. The van der Waals surface area contributed by atoms with Gasteiger partial charge in [0.15, 0.2) is 0 Å². The second-order valence-electron chi connectivity index (χ2n) is 5.23. The number of para-hydroxylation sites is 1. The lowest BCUT2D eigenvalue weighted by molar-refractivity contribution is -0.131. The number of carbonyl (C=O) groups excluding carboxylic acids is 1. The third-order valence-electron chi connectivity index (χ3n) is 3.48. The topological polar surface area (TPSA) is 80.0 Å². The van der Waals surface area contributed by atoms with Crippen LogP contribution in [0.2, 0.25) is 0 Å². The predicted octanol–water partition coefficient (Wildman–Crippen LogP) is 3.30. The Balaban J connectivity index is 2.73. The van der Waals surface area contributed by atoms with Crippen molar-refractivity contribution in [1.29, 1.82) is 10.7 Å². The van der Waals surface area contributed by atoms with Gasteiger partial charge in [-0.2, -0.15) is 5.26 Å². The Morgan fingerprint density at radius 2 is 2.05 bits per heavy atom. The number of anilines is 1. The number of allylic oxidation sites excluding steroid dienone is 1. The van der Waals surface area contributed by atoms with E-state index in [4.69, 9.17) is 10.7 Å². The molecule has 1 aromatic rings. The standard InChI is InChI=1S/C15H15BrN4O/c1-9(21)20-14(13(16)11(18)8-17)19-12-7-5-4-6-10(12)15(20,2)3/h4-7,18-19H,1-3H3/b14-13-,18-11?. The Kier molecular flexibility index (Phi) is 3.88. The maximum Gasteiger partial charge on any atom is 0.225 e. The van der Waals surface area contributed by atoms with Crippen molar-refractivity contribution in [2.75, 3.05) is 5.32 Å².